The topological polar surface area (TPSA) is 94.8 Å². The third-order valence-electron chi connectivity index (χ3n) is 3.16. The Labute approximate surface area is 124 Å². The molecule has 3 N–H and O–H groups in total. The highest BCUT2D eigenvalue weighted by Crippen LogP contribution is 2.15. The van der Waals surface area contributed by atoms with Crippen LogP contribution in [0.1, 0.15) is 78.1 Å². The Morgan fingerprint density at radius 1 is 0.850 bits per heavy atom. The fourth-order valence-electron chi connectivity index (χ4n) is 2.03. The third kappa shape index (κ3) is 30.7. The normalized spacial score (nSPS) is 12.7. The van der Waals surface area contributed by atoms with E-state index in [0.717, 1.165) is 12.3 Å². The van der Waals surface area contributed by atoms with Crippen LogP contribution >= 0.6 is 0 Å². The lowest BCUT2D eigenvalue weighted by molar-refractivity contribution is 0.270. The molecule has 0 amide bonds. The molecule has 0 aliphatic carbocycles. The average molecular weight is 312 g/mol. The molecule has 0 fully saturated rings. The van der Waals surface area contributed by atoms with Crippen molar-refractivity contribution in [2.75, 3.05) is 6.61 Å². The maximum absolute atomic E-state index is 8.74. The maximum Gasteiger partial charge on any atom is 0.394 e. The molecule has 0 saturated carbocycles. The standard InChI is InChI=1S/C14H30O.H2O4S/c1-3-4-5-6-7-8-9-11-14(2)12-10-13-15;1-5(2,3)4/h14-15H,3-13H2,1-2H3;(H2,1,2,3,4). The lowest BCUT2D eigenvalue weighted by Gasteiger charge is -2.09. The molecule has 0 aromatic rings. The Hall–Kier alpha value is -0.170. The first-order chi connectivity index (χ1) is 9.31. The van der Waals surface area contributed by atoms with E-state index < -0.39 is 10.4 Å². The van der Waals surface area contributed by atoms with Crippen molar-refractivity contribution in [3.63, 3.8) is 0 Å². The van der Waals surface area contributed by atoms with Gasteiger partial charge in [0.15, 0.2) is 0 Å². The molecular weight excluding hydrogens is 280 g/mol. The Balaban J connectivity index is 0. The quantitative estimate of drug-likeness (QED) is 0.397. The van der Waals surface area contributed by atoms with E-state index >= 15 is 0 Å². The summed E-state index contributed by atoms with van der Waals surface area (Å²) in [6, 6.07) is 0. The van der Waals surface area contributed by atoms with Crippen molar-refractivity contribution >= 4 is 10.4 Å². The molecule has 0 spiro atoms. The van der Waals surface area contributed by atoms with E-state index in [4.69, 9.17) is 22.6 Å². The summed E-state index contributed by atoms with van der Waals surface area (Å²) < 4.78 is 31.6. The molecule has 0 aliphatic heterocycles. The molecule has 0 rings (SSSR count). The smallest absolute Gasteiger partial charge is 0.394 e. The molecule has 0 aromatic heterocycles. The Morgan fingerprint density at radius 3 is 1.70 bits per heavy atom. The SMILES string of the molecule is CCCCCCCCCC(C)CCCO.O=S(=O)(O)O. The van der Waals surface area contributed by atoms with Gasteiger partial charge < -0.3 is 5.11 Å². The maximum atomic E-state index is 8.74. The number of aliphatic hydroxyl groups excluding tert-OH is 1. The molecule has 1 atom stereocenters. The van der Waals surface area contributed by atoms with Gasteiger partial charge in [0.25, 0.3) is 0 Å². The molecule has 5 nitrogen and oxygen atoms in total. The first-order valence-corrected chi connectivity index (χ1v) is 9.01. The molecule has 0 aliphatic rings. The highest BCUT2D eigenvalue weighted by molar-refractivity contribution is 7.79. The minimum absolute atomic E-state index is 0.362. The lowest BCUT2D eigenvalue weighted by Crippen LogP contribution is -1.96. The second-order valence-electron chi connectivity index (χ2n) is 5.33. The van der Waals surface area contributed by atoms with Crippen LogP contribution in [0.5, 0.6) is 0 Å². The summed E-state index contributed by atoms with van der Waals surface area (Å²) >= 11 is 0. The van der Waals surface area contributed by atoms with E-state index in [2.05, 4.69) is 13.8 Å². The first-order valence-electron chi connectivity index (χ1n) is 7.62. The predicted molar refractivity (Wildman–Crippen MR) is 82.3 cm³/mol. The molecule has 0 aromatic carbocycles. The fourth-order valence-corrected chi connectivity index (χ4v) is 2.03. The largest absolute Gasteiger partial charge is 0.396 e. The van der Waals surface area contributed by atoms with Crippen LogP contribution in [0.4, 0.5) is 0 Å². The Bertz CT molecular complexity index is 269. The van der Waals surface area contributed by atoms with Crippen LogP contribution in [-0.4, -0.2) is 29.2 Å². The highest BCUT2D eigenvalue weighted by Gasteiger charge is 2.00. The average Bonchev–Trinajstić information content (AvgIpc) is 2.33. The number of rotatable bonds is 11. The van der Waals surface area contributed by atoms with E-state index in [1.165, 1.54) is 57.8 Å². The van der Waals surface area contributed by atoms with Gasteiger partial charge in [-0.3, -0.25) is 9.11 Å². The summed E-state index contributed by atoms with van der Waals surface area (Å²) in [6.45, 7) is 4.94. The summed E-state index contributed by atoms with van der Waals surface area (Å²) in [6.07, 6.45) is 13.4. The number of hydrogen-bond donors (Lipinski definition) is 3. The van der Waals surface area contributed by atoms with E-state index in [1.807, 2.05) is 0 Å². The van der Waals surface area contributed by atoms with Crippen molar-refractivity contribution < 1.29 is 22.6 Å². The third-order valence-corrected chi connectivity index (χ3v) is 3.16. The van der Waals surface area contributed by atoms with Crippen LogP contribution in [0, 0.1) is 5.92 Å². The minimum atomic E-state index is -4.67. The lowest BCUT2D eigenvalue weighted by atomic mass is 9.98. The van der Waals surface area contributed by atoms with Crippen molar-refractivity contribution in [1.29, 1.82) is 0 Å². The van der Waals surface area contributed by atoms with Gasteiger partial charge in [0.05, 0.1) is 0 Å². The fraction of sp³-hybridized carbons (Fsp3) is 1.00. The zero-order valence-electron chi connectivity index (χ0n) is 12.9. The molecule has 0 saturated heterocycles. The van der Waals surface area contributed by atoms with Crippen molar-refractivity contribution in [1.82, 2.24) is 0 Å². The van der Waals surface area contributed by atoms with Gasteiger partial charge in [0.2, 0.25) is 0 Å². The summed E-state index contributed by atoms with van der Waals surface area (Å²) in [7, 11) is -4.67. The van der Waals surface area contributed by atoms with Gasteiger partial charge >= 0.3 is 10.4 Å². The van der Waals surface area contributed by atoms with Crippen molar-refractivity contribution in [2.45, 2.75) is 78.1 Å². The molecule has 0 heterocycles. The van der Waals surface area contributed by atoms with Gasteiger partial charge in [-0.2, -0.15) is 8.42 Å². The van der Waals surface area contributed by atoms with Crippen LogP contribution in [0.15, 0.2) is 0 Å². The molecule has 1 unspecified atom stereocenters. The molecule has 124 valence electrons. The van der Waals surface area contributed by atoms with Gasteiger partial charge in [-0.1, -0.05) is 65.2 Å². The van der Waals surface area contributed by atoms with E-state index in [9.17, 15) is 0 Å². The van der Waals surface area contributed by atoms with Gasteiger partial charge in [-0.05, 0) is 18.8 Å². The summed E-state index contributed by atoms with van der Waals surface area (Å²) in [5.41, 5.74) is 0. The molecule has 20 heavy (non-hydrogen) atoms. The second kappa shape index (κ2) is 15.2. The summed E-state index contributed by atoms with van der Waals surface area (Å²) in [4.78, 5) is 0. The van der Waals surface area contributed by atoms with Crippen molar-refractivity contribution in [3.05, 3.63) is 0 Å². The minimum Gasteiger partial charge on any atom is -0.396 e. The van der Waals surface area contributed by atoms with Crippen molar-refractivity contribution in [3.8, 4) is 0 Å². The van der Waals surface area contributed by atoms with E-state index in [0.29, 0.717) is 6.61 Å². The predicted octanol–water partition coefficient (Wildman–Crippen LogP) is 3.88. The van der Waals surface area contributed by atoms with Gasteiger partial charge in [-0.15, -0.1) is 0 Å². The zero-order valence-corrected chi connectivity index (χ0v) is 13.7. The Morgan fingerprint density at radius 2 is 1.25 bits per heavy atom. The number of aliphatic hydroxyl groups is 1. The van der Waals surface area contributed by atoms with Crippen LogP contribution in [0.2, 0.25) is 0 Å². The van der Waals surface area contributed by atoms with E-state index in [-0.39, 0.29) is 0 Å². The Kier molecular flexibility index (Phi) is 16.8. The highest BCUT2D eigenvalue weighted by atomic mass is 32.3. The van der Waals surface area contributed by atoms with Crippen LogP contribution < -0.4 is 0 Å². The molecular formula is C14H32O5S. The first kappa shape index (κ1) is 22.1. The van der Waals surface area contributed by atoms with Crippen molar-refractivity contribution in [2.24, 2.45) is 5.92 Å². The zero-order chi connectivity index (χ0) is 15.9. The monoisotopic (exact) mass is 312 g/mol. The van der Waals surface area contributed by atoms with Gasteiger partial charge in [0, 0.05) is 6.61 Å². The van der Waals surface area contributed by atoms with E-state index in [1.54, 1.807) is 0 Å². The molecule has 0 radical (unpaired) electrons. The molecule has 0 bridgehead atoms. The second-order valence-corrected chi connectivity index (χ2v) is 6.22. The van der Waals surface area contributed by atoms with Gasteiger partial charge in [-0.25, -0.2) is 0 Å². The van der Waals surface area contributed by atoms with Crippen LogP contribution in [-0.2, 0) is 10.4 Å². The van der Waals surface area contributed by atoms with Crippen LogP contribution in [0.25, 0.3) is 0 Å². The van der Waals surface area contributed by atoms with Crippen LogP contribution in [0.3, 0.4) is 0 Å². The number of unbranched alkanes of at least 4 members (excludes halogenated alkanes) is 6. The number of hydrogen-bond acceptors (Lipinski definition) is 3. The molecule has 6 heteroatoms. The summed E-state index contributed by atoms with van der Waals surface area (Å²) in [5.74, 6) is 0.813. The summed E-state index contributed by atoms with van der Waals surface area (Å²) in [5, 5.41) is 8.71. The van der Waals surface area contributed by atoms with Gasteiger partial charge in [0.1, 0.15) is 0 Å².